The zero-order valence-electron chi connectivity index (χ0n) is 15.2. The SMILES string of the molecule is Cn1c(Nc2ccc(I)cc2F)c(C(=O)O)cc(Cc2cccc(N)c2F)c1=O. The van der Waals surface area contributed by atoms with Crippen molar-refractivity contribution in [1.29, 1.82) is 0 Å². The van der Waals surface area contributed by atoms with Gasteiger partial charge in [-0.2, -0.15) is 0 Å². The summed E-state index contributed by atoms with van der Waals surface area (Å²) in [5.74, 6) is -2.65. The molecule has 2 aromatic carbocycles. The summed E-state index contributed by atoms with van der Waals surface area (Å²) >= 11 is 1.95. The van der Waals surface area contributed by atoms with Crippen molar-refractivity contribution in [2.45, 2.75) is 6.42 Å². The van der Waals surface area contributed by atoms with Gasteiger partial charge in [0.15, 0.2) is 0 Å². The molecule has 0 unspecified atom stereocenters. The van der Waals surface area contributed by atoms with Crippen LogP contribution >= 0.6 is 22.6 Å². The fourth-order valence-electron chi connectivity index (χ4n) is 2.90. The lowest BCUT2D eigenvalue weighted by Gasteiger charge is -2.16. The first-order valence-electron chi connectivity index (χ1n) is 8.40. The average Bonchev–Trinajstić information content (AvgIpc) is 2.66. The van der Waals surface area contributed by atoms with Crippen molar-refractivity contribution in [2.24, 2.45) is 7.05 Å². The van der Waals surface area contributed by atoms with Gasteiger partial charge in [0.2, 0.25) is 0 Å². The predicted molar refractivity (Wildman–Crippen MR) is 115 cm³/mol. The first-order chi connectivity index (χ1) is 13.7. The molecular weight excluding hydrogens is 495 g/mol. The number of rotatable bonds is 5. The number of hydrogen-bond donors (Lipinski definition) is 3. The van der Waals surface area contributed by atoms with Crippen molar-refractivity contribution in [3.05, 3.63) is 84.7 Å². The normalized spacial score (nSPS) is 10.8. The van der Waals surface area contributed by atoms with E-state index in [0.717, 1.165) is 4.57 Å². The molecule has 6 nitrogen and oxygen atoms in total. The molecule has 0 atom stereocenters. The molecule has 3 aromatic rings. The van der Waals surface area contributed by atoms with Crippen LogP contribution in [0.3, 0.4) is 0 Å². The Morgan fingerprint density at radius 1 is 1.21 bits per heavy atom. The second-order valence-corrected chi connectivity index (χ2v) is 7.59. The van der Waals surface area contributed by atoms with Crippen molar-refractivity contribution in [1.82, 2.24) is 4.57 Å². The van der Waals surface area contributed by atoms with Gasteiger partial charge in [-0.15, -0.1) is 0 Å². The van der Waals surface area contributed by atoms with Crippen molar-refractivity contribution in [3.8, 4) is 0 Å². The third kappa shape index (κ3) is 4.24. The number of nitrogen functional groups attached to an aromatic ring is 1. The van der Waals surface area contributed by atoms with Gasteiger partial charge in [0, 0.05) is 22.6 Å². The summed E-state index contributed by atoms with van der Waals surface area (Å²) in [7, 11) is 1.36. The number of aromatic nitrogens is 1. The number of aromatic carboxylic acids is 1. The Morgan fingerprint density at radius 3 is 2.59 bits per heavy atom. The van der Waals surface area contributed by atoms with Gasteiger partial charge in [-0.3, -0.25) is 9.36 Å². The lowest BCUT2D eigenvalue weighted by molar-refractivity contribution is 0.0697. The van der Waals surface area contributed by atoms with Gasteiger partial charge in [-0.25, -0.2) is 13.6 Å². The third-order valence-corrected chi connectivity index (χ3v) is 5.06. The molecule has 0 saturated carbocycles. The highest BCUT2D eigenvalue weighted by Crippen LogP contribution is 2.25. The molecule has 0 amide bonds. The van der Waals surface area contributed by atoms with Crippen molar-refractivity contribution in [3.63, 3.8) is 0 Å². The molecule has 0 aliphatic rings. The molecule has 9 heteroatoms. The number of anilines is 3. The number of pyridine rings is 1. The van der Waals surface area contributed by atoms with E-state index in [1.54, 1.807) is 12.1 Å². The van der Waals surface area contributed by atoms with E-state index in [0.29, 0.717) is 3.57 Å². The standard InChI is InChI=1S/C20H16F2IN3O3/c1-26-18(25-16-6-5-12(23)9-14(16)21)13(20(28)29)8-11(19(26)27)7-10-3-2-4-15(24)17(10)22/h2-6,8-9,25H,7,24H2,1H3,(H,28,29). The topological polar surface area (TPSA) is 97.3 Å². The van der Waals surface area contributed by atoms with E-state index in [1.165, 1.54) is 37.4 Å². The zero-order valence-corrected chi connectivity index (χ0v) is 17.3. The Bertz CT molecular complexity index is 1180. The fraction of sp³-hybridized carbons (Fsp3) is 0.100. The molecule has 0 radical (unpaired) electrons. The Labute approximate surface area is 178 Å². The molecule has 0 saturated heterocycles. The Balaban J connectivity index is 2.10. The van der Waals surface area contributed by atoms with Crippen LogP contribution in [0.25, 0.3) is 0 Å². The summed E-state index contributed by atoms with van der Waals surface area (Å²) < 4.78 is 30.1. The van der Waals surface area contributed by atoms with Gasteiger partial charge in [-0.1, -0.05) is 12.1 Å². The van der Waals surface area contributed by atoms with E-state index in [2.05, 4.69) is 5.32 Å². The maximum atomic E-state index is 14.2. The second kappa shape index (κ2) is 8.19. The number of carboxylic acids is 1. The fourth-order valence-corrected chi connectivity index (χ4v) is 3.36. The van der Waals surface area contributed by atoms with E-state index in [4.69, 9.17) is 5.73 Å². The smallest absolute Gasteiger partial charge is 0.339 e. The quantitative estimate of drug-likeness (QED) is 0.357. The van der Waals surface area contributed by atoms with Crippen LogP contribution in [0.15, 0.2) is 47.3 Å². The molecule has 0 bridgehead atoms. The molecule has 1 heterocycles. The van der Waals surface area contributed by atoms with Gasteiger partial charge in [0.1, 0.15) is 23.0 Å². The Hall–Kier alpha value is -2.95. The summed E-state index contributed by atoms with van der Waals surface area (Å²) in [6.07, 6.45) is -0.137. The lowest BCUT2D eigenvalue weighted by atomic mass is 10.0. The third-order valence-electron chi connectivity index (χ3n) is 4.39. The number of carboxylic acid groups (broad SMARTS) is 1. The summed E-state index contributed by atoms with van der Waals surface area (Å²) in [6, 6.07) is 9.94. The molecule has 0 spiro atoms. The number of nitrogens with two attached hydrogens (primary N) is 1. The van der Waals surface area contributed by atoms with Crippen LogP contribution in [0.2, 0.25) is 0 Å². The highest BCUT2D eigenvalue weighted by atomic mass is 127. The van der Waals surface area contributed by atoms with E-state index in [9.17, 15) is 23.5 Å². The van der Waals surface area contributed by atoms with Gasteiger partial charge in [0.05, 0.1) is 11.4 Å². The summed E-state index contributed by atoms with van der Waals surface area (Å²) in [4.78, 5) is 24.6. The minimum Gasteiger partial charge on any atom is -0.478 e. The van der Waals surface area contributed by atoms with Crippen molar-refractivity contribution in [2.75, 3.05) is 11.1 Å². The molecule has 150 valence electrons. The minimum absolute atomic E-state index is 0.0255. The highest BCUT2D eigenvalue weighted by Gasteiger charge is 2.20. The number of nitrogens with one attached hydrogen (secondary N) is 1. The molecule has 0 fully saturated rings. The first kappa shape index (κ1) is 20.8. The molecule has 4 N–H and O–H groups in total. The average molecular weight is 511 g/mol. The first-order valence-corrected chi connectivity index (χ1v) is 9.48. The van der Waals surface area contributed by atoms with E-state index in [-0.39, 0.29) is 40.3 Å². The van der Waals surface area contributed by atoms with Crippen LogP contribution in [-0.2, 0) is 13.5 Å². The molecule has 0 aliphatic heterocycles. The summed E-state index contributed by atoms with van der Waals surface area (Å²) in [5, 5.41) is 12.3. The molecule has 0 aliphatic carbocycles. The number of benzene rings is 2. The van der Waals surface area contributed by atoms with Crippen LogP contribution in [-0.4, -0.2) is 15.6 Å². The van der Waals surface area contributed by atoms with Crippen molar-refractivity contribution >= 4 is 45.8 Å². The zero-order chi connectivity index (χ0) is 21.3. The number of hydrogen-bond acceptors (Lipinski definition) is 4. The van der Waals surface area contributed by atoms with Crippen LogP contribution < -0.4 is 16.6 Å². The van der Waals surface area contributed by atoms with Gasteiger partial charge >= 0.3 is 5.97 Å². The maximum Gasteiger partial charge on any atom is 0.339 e. The Kier molecular flexibility index (Phi) is 5.87. The van der Waals surface area contributed by atoms with Crippen LogP contribution in [0, 0.1) is 15.2 Å². The van der Waals surface area contributed by atoms with Crippen LogP contribution in [0.4, 0.5) is 26.0 Å². The van der Waals surface area contributed by atoms with Gasteiger partial charge < -0.3 is 16.2 Å². The van der Waals surface area contributed by atoms with Gasteiger partial charge in [-0.05, 0) is 58.5 Å². The lowest BCUT2D eigenvalue weighted by Crippen LogP contribution is -2.26. The molecular formula is C20H16F2IN3O3. The summed E-state index contributed by atoms with van der Waals surface area (Å²) in [5.41, 5.74) is 4.98. The monoisotopic (exact) mass is 511 g/mol. The van der Waals surface area contributed by atoms with E-state index < -0.39 is 23.2 Å². The number of halogens is 3. The molecule has 1 aromatic heterocycles. The van der Waals surface area contributed by atoms with Crippen LogP contribution in [0.5, 0.6) is 0 Å². The van der Waals surface area contributed by atoms with Crippen molar-refractivity contribution < 1.29 is 18.7 Å². The second-order valence-electron chi connectivity index (χ2n) is 6.35. The van der Waals surface area contributed by atoms with E-state index in [1.807, 2.05) is 22.6 Å². The van der Waals surface area contributed by atoms with E-state index >= 15 is 0 Å². The number of nitrogens with zero attached hydrogens (tertiary/aromatic N) is 1. The highest BCUT2D eigenvalue weighted by molar-refractivity contribution is 14.1. The predicted octanol–water partition coefficient (Wildman–Crippen LogP) is 3.88. The summed E-state index contributed by atoms with van der Waals surface area (Å²) in [6.45, 7) is 0. The number of carbonyl (C=O) groups is 1. The molecule has 29 heavy (non-hydrogen) atoms. The largest absolute Gasteiger partial charge is 0.478 e. The van der Waals surface area contributed by atoms with Gasteiger partial charge in [0.25, 0.3) is 5.56 Å². The van der Waals surface area contributed by atoms with Crippen LogP contribution in [0.1, 0.15) is 21.5 Å². The Morgan fingerprint density at radius 2 is 1.93 bits per heavy atom. The minimum atomic E-state index is -1.32. The maximum absolute atomic E-state index is 14.2. The molecule has 3 rings (SSSR count).